The number of halogens is 1. The van der Waals surface area contributed by atoms with Crippen molar-refractivity contribution in [2.75, 3.05) is 19.1 Å². The SMILES string of the molecule is COC(=O)C(N)(CCSC)CCc1ccccc1.Cl. The molecule has 0 aliphatic carbocycles. The summed E-state index contributed by atoms with van der Waals surface area (Å²) in [7, 11) is 1.39. The molecule has 5 heteroatoms. The van der Waals surface area contributed by atoms with Crippen molar-refractivity contribution in [3.05, 3.63) is 35.9 Å². The van der Waals surface area contributed by atoms with Gasteiger partial charge in [0.1, 0.15) is 5.54 Å². The monoisotopic (exact) mass is 303 g/mol. The number of thioether (sulfide) groups is 1. The summed E-state index contributed by atoms with van der Waals surface area (Å²) < 4.78 is 4.83. The van der Waals surface area contributed by atoms with Crippen LogP contribution in [0.25, 0.3) is 0 Å². The van der Waals surface area contributed by atoms with Crippen LogP contribution < -0.4 is 5.73 Å². The van der Waals surface area contributed by atoms with Gasteiger partial charge in [0, 0.05) is 0 Å². The molecule has 0 aliphatic rings. The predicted octanol–water partition coefficient (Wildman–Crippen LogP) is 2.66. The lowest BCUT2D eigenvalue weighted by molar-refractivity contribution is -0.147. The van der Waals surface area contributed by atoms with E-state index in [-0.39, 0.29) is 18.4 Å². The van der Waals surface area contributed by atoms with E-state index in [9.17, 15) is 4.79 Å². The number of benzene rings is 1. The van der Waals surface area contributed by atoms with Crippen molar-refractivity contribution in [2.45, 2.75) is 24.8 Å². The van der Waals surface area contributed by atoms with E-state index in [0.29, 0.717) is 12.8 Å². The van der Waals surface area contributed by atoms with Gasteiger partial charge < -0.3 is 10.5 Å². The van der Waals surface area contributed by atoms with Gasteiger partial charge in [-0.25, -0.2) is 0 Å². The van der Waals surface area contributed by atoms with Crippen LogP contribution >= 0.6 is 24.2 Å². The Hall–Kier alpha value is -0.710. The number of carbonyl (C=O) groups excluding carboxylic acids is 1. The van der Waals surface area contributed by atoms with Crippen LogP contribution in [-0.2, 0) is 16.0 Å². The van der Waals surface area contributed by atoms with E-state index >= 15 is 0 Å². The summed E-state index contributed by atoms with van der Waals surface area (Å²) in [5.41, 5.74) is 6.53. The minimum atomic E-state index is -0.867. The van der Waals surface area contributed by atoms with Gasteiger partial charge in [0.25, 0.3) is 0 Å². The molecule has 0 bridgehead atoms. The molecule has 0 fully saturated rings. The maximum atomic E-state index is 11.8. The molecule has 3 nitrogen and oxygen atoms in total. The van der Waals surface area contributed by atoms with Crippen molar-refractivity contribution in [2.24, 2.45) is 5.73 Å². The molecule has 0 heterocycles. The largest absolute Gasteiger partial charge is 0.468 e. The fourth-order valence-electron chi connectivity index (χ4n) is 1.83. The van der Waals surface area contributed by atoms with Crippen molar-refractivity contribution in [3.8, 4) is 0 Å². The zero-order valence-electron chi connectivity index (χ0n) is 11.4. The van der Waals surface area contributed by atoms with Gasteiger partial charge in [-0.2, -0.15) is 11.8 Å². The van der Waals surface area contributed by atoms with E-state index in [0.717, 1.165) is 12.2 Å². The molecule has 1 aromatic rings. The van der Waals surface area contributed by atoms with E-state index in [1.165, 1.54) is 12.7 Å². The molecule has 0 radical (unpaired) electrons. The van der Waals surface area contributed by atoms with Crippen molar-refractivity contribution in [1.82, 2.24) is 0 Å². The van der Waals surface area contributed by atoms with Gasteiger partial charge in [-0.05, 0) is 36.8 Å². The normalized spacial score (nSPS) is 13.2. The van der Waals surface area contributed by atoms with E-state index in [1.54, 1.807) is 11.8 Å². The average Bonchev–Trinajstić information content (AvgIpc) is 2.43. The van der Waals surface area contributed by atoms with Crippen LogP contribution in [0.5, 0.6) is 0 Å². The molecular weight excluding hydrogens is 282 g/mol. The van der Waals surface area contributed by atoms with Gasteiger partial charge in [0.15, 0.2) is 0 Å². The fraction of sp³-hybridized carbons (Fsp3) is 0.500. The summed E-state index contributed by atoms with van der Waals surface area (Å²) in [6.45, 7) is 0. The number of esters is 1. The third kappa shape index (κ3) is 5.85. The highest BCUT2D eigenvalue weighted by molar-refractivity contribution is 7.98. The maximum absolute atomic E-state index is 11.8. The van der Waals surface area contributed by atoms with Crippen LogP contribution in [0.2, 0.25) is 0 Å². The Morgan fingerprint density at radius 2 is 1.95 bits per heavy atom. The Labute approximate surface area is 125 Å². The first-order valence-corrected chi connectivity index (χ1v) is 7.42. The van der Waals surface area contributed by atoms with Gasteiger partial charge in [-0.15, -0.1) is 12.4 Å². The van der Waals surface area contributed by atoms with Crippen LogP contribution in [0.15, 0.2) is 30.3 Å². The molecule has 0 amide bonds. The number of carbonyl (C=O) groups is 1. The Kier molecular flexibility index (Phi) is 8.89. The second-order valence-corrected chi connectivity index (χ2v) is 5.36. The number of rotatable bonds is 7. The summed E-state index contributed by atoms with van der Waals surface area (Å²) in [6.07, 6.45) is 4.06. The molecular formula is C14H22ClNO2S. The number of hydrogen-bond acceptors (Lipinski definition) is 4. The zero-order valence-corrected chi connectivity index (χ0v) is 13.1. The molecule has 0 spiro atoms. The lowest BCUT2D eigenvalue weighted by atomic mass is 9.90. The fourth-order valence-corrected chi connectivity index (χ4v) is 2.40. The second kappa shape index (κ2) is 9.23. The maximum Gasteiger partial charge on any atom is 0.325 e. The van der Waals surface area contributed by atoms with Gasteiger partial charge in [0.2, 0.25) is 0 Å². The molecule has 108 valence electrons. The lowest BCUT2D eigenvalue weighted by Crippen LogP contribution is -2.49. The number of nitrogens with two attached hydrogens (primary N) is 1. The summed E-state index contributed by atoms with van der Waals surface area (Å²) in [4.78, 5) is 11.8. The molecule has 19 heavy (non-hydrogen) atoms. The first-order valence-electron chi connectivity index (χ1n) is 6.02. The van der Waals surface area contributed by atoms with Crippen LogP contribution in [0.4, 0.5) is 0 Å². The van der Waals surface area contributed by atoms with Gasteiger partial charge in [-0.1, -0.05) is 30.3 Å². The van der Waals surface area contributed by atoms with E-state index in [1.807, 2.05) is 36.6 Å². The Morgan fingerprint density at radius 3 is 2.47 bits per heavy atom. The number of ether oxygens (including phenoxy) is 1. The Balaban J connectivity index is 0.00000324. The first-order chi connectivity index (χ1) is 8.62. The third-order valence-electron chi connectivity index (χ3n) is 3.05. The molecule has 1 atom stereocenters. The van der Waals surface area contributed by atoms with E-state index in [4.69, 9.17) is 10.5 Å². The highest BCUT2D eigenvalue weighted by Gasteiger charge is 2.34. The molecule has 1 aromatic carbocycles. The molecule has 0 saturated heterocycles. The Morgan fingerprint density at radius 1 is 1.32 bits per heavy atom. The standard InChI is InChI=1S/C14H21NO2S.ClH/c1-17-13(16)14(15,10-11-18-2)9-8-12-6-4-3-5-7-12;/h3-7H,8-11,15H2,1-2H3;1H. The van der Waals surface area contributed by atoms with Gasteiger partial charge in [-0.3, -0.25) is 4.79 Å². The molecule has 1 unspecified atom stereocenters. The minimum absolute atomic E-state index is 0. The third-order valence-corrected chi connectivity index (χ3v) is 3.66. The van der Waals surface area contributed by atoms with E-state index < -0.39 is 5.54 Å². The van der Waals surface area contributed by atoms with Crippen molar-refractivity contribution < 1.29 is 9.53 Å². The lowest BCUT2D eigenvalue weighted by Gasteiger charge is -2.26. The topological polar surface area (TPSA) is 52.3 Å². The van der Waals surface area contributed by atoms with Crippen molar-refractivity contribution in [3.63, 3.8) is 0 Å². The van der Waals surface area contributed by atoms with Crippen LogP contribution in [-0.4, -0.2) is 30.6 Å². The molecule has 2 N–H and O–H groups in total. The summed E-state index contributed by atoms with van der Waals surface area (Å²) in [6, 6.07) is 10.1. The van der Waals surface area contributed by atoms with Crippen LogP contribution in [0, 0.1) is 0 Å². The molecule has 1 rings (SSSR count). The summed E-state index contributed by atoms with van der Waals surface area (Å²) in [5.74, 6) is 0.549. The van der Waals surface area contributed by atoms with Crippen molar-refractivity contribution >= 4 is 30.1 Å². The zero-order chi connectivity index (χ0) is 13.4. The van der Waals surface area contributed by atoms with Crippen LogP contribution in [0.3, 0.4) is 0 Å². The molecule has 0 aromatic heterocycles. The van der Waals surface area contributed by atoms with Crippen LogP contribution in [0.1, 0.15) is 18.4 Å². The Bertz CT molecular complexity index is 375. The van der Waals surface area contributed by atoms with E-state index in [2.05, 4.69) is 0 Å². The number of methoxy groups -OCH3 is 1. The number of hydrogen-bond donors (Lipinski definition) is 1. The summed E-state index contributed by atoms with van der Waals surface area (Å²) >= 11 is 1.69. The second-order valence-electron chi connectivity index (χ2n) is 4.38. The number of aryl methyl sites for hydroxylation is 1. The smallest absolute Gasteiger partial charge is 0.325 e. The first kappa shape index (κ1) is 18.3. The highest BCUT2D eigenvalue weighted by atomic mass is 35.5. The quantitative estimate of drug-likeness (QED) is 0.787. The minimum Gasteiger partial charge on any atom is -0.468 e. The molecule has 0 saturated carbocycles. The summed E-state index contributed by atoms with van der Waals surface area (Å²) in [5, 5.41) is 0. The average molecular weight is 304 g/mol. The highest BCUT2D eigenvalue weighted by Crippen LogP contribution is 2.19. The predicted molar refractivity (Wildman–Crippen MR) is 83.9 cm³/mol. The van der Waals surface area contributed by atoms with Gasteiger partial charge >= 0.3 is 5.97 Å². The van der Waals surface area contributed by atoms with Gasteiger partial charge in [0.05, 0.1) is 7.11 Å². The van der Waals surface area contributed by atoms with Crippen molar-refractivity contribution in [1.29, 1.82) is 0 Å². The molecule has 0 aliphatic heterocycles.